The van der Waals surface area contributed by atoms with Crippen LogP contribution in [0, 0.1) is 0 Å². The van der Waals surface area contributed by atoms with Crippen molar-refractivity contribution in [3.05, 3.63) is 29.8 Å². The molecule has 0 aromatic heterocycles. The zero-order valence-electron chi connectivity index (χ0n) is 12.3. The monoisotopic (exact) mass is 273 g/mol. The molecule has 1 aromatic carbocycles. The molecule has 4 nitrogen and oxygen atoms in total. The van der Waals surface area contributed by atoms with E-state index < -0.39 is 0 Å². The fraction of sp³-hybridized carbons (Fsp3) is 0.562. The molecule has 1 fully saturated rings. The number of rotatable bonds is 3. The van der Waals surface area contributed by atoms with Gasteiger partial charge in [-0.1, -0.05) is 18.2 Å². The molecule has 1 N–H and O–H groups in total. The summed E-state index contributed by atoms with van der Waals surface area (Å²) >= 11 is 0. The molecule has 0 aliphatic carbocycles. The zero-order valence-corrected chi connectivity index (χ0v) is 12.3. The van der Waals surface area contributed by atoms with Crippen molar-refractivity contribution in [1.29, 1.82) is 0 Å². The Morgan fingerprint density at radius 1 is 1.30 bits per heavy atom. The van der Waals surface area contributed by atoms with Gasteiger partial charge in [-0.05, 0) is 38.1 Å². The number of para-hydroxylation sites is 1. The van der Waals surface area contributed by atoms with Gasteiger partial charge in [-0.15, -0.1) is 0 Å². The first-order valence-corrected chi connectivity index (χ1v) is 7.46. The third-order valence-electron chi connectivity index (χ3n) is 4.70. The largest absolute Gasteiger partial charge is 0.315 e. The predicted octanol–water partition coefficient (Wildman–Crippen LogP) is 1.78. The normalized spacial score (nSPS) is 26.9. The number of fused-ring (bicyclic) bond motifs is 1. The number of carbonyl (C=O) groups excluding carboxylic acids is 1. The molecule has 2 atom stereocenters. The number of benzene rings is 1. The highest BCUT2D eigenvalue weighted by Crippen LogP contribution is 2.33. The average molecular weight is 273 g/mol. The molecule has 1 aromatic rings. The van der Waals surface area contributed by atoms with E-state index >= 15 is 0 Å². The van der Waals surface area contributed by atoms with Crippen molar-refractivity contribution < 1.29 is 4.79 Å². The number of hydrogen-bond donors (Lipinski definition) is 1. The molecule has 0 saturated carbocycles. The van der Waals surface area contributed by atoms with Gasteiger partial charge in [-0.3, -0.25) is 4.79 Å². The van der Waals surface area contributed by atoms with Crippen LogP contribution in [0.3, 0.4) is 0 Å². The van der Waals surface area contributed by atoms with Crippen LogP contribution >= 0.6 is 0 Å². The Bertz CT molecular complexity index is 502. The first-order chi connectivity index (χ1) is 9.66. The Morgan fingerprint density at radius 3 is 2.85 bits per heavy atom. The molecule has 2 aliphatic rings. The Balaban J connectivity index is 1.73. The second kappa shape index (κ2) is 5.54. The summed E-state index contributed by atoms with van der Waals surface area (Å²) in [5.41, 5.74) is 2.29. The van der Waals surface area contributed by atoms with Crippen LogP contribution in [0.15, 0.2) is 24.3 Å². The SMILES string of the molecule is CN1C(=O)CC(NCC2CCCN2C)c2ccccc21. The predicted molar refractivity (Wildman–Crippen MR) is 80.9 cm³/mol. The van der Waals surface area contributed by atoms with Crippen molar-refractivity contribution in [1.82, 2.24) is 10.2 Å². The van der Waals surface area contributed by atoms with Crippen LogP contribution in [0.4, 0.5) is 5.69 Å². The molecule has 2 heterocycles. The summed E-state index contributed by atoms with van der Waals surface area (Å²) in [4.78, 5) is 16.3. The van der Waals surface area contributed by atoms with Crippen LogP contribution in [0.25, 0.3) is 0 Å². The van der Waals surface area contributed by atoms with E-state index in [1.54, 1.807) is 4.90 Å². The van der Waals surface area contributed by atoms with E-state index in [-0.39, 0.29) is 11.9 Å². The quantitative estimate of drug-likeness (QED) is 0.912. The fourth-order valence-corrected chi connectivity index (χ4v) is 3.34. The average Bonchev–Trinajstić information content (AvgIpc) is 2.87. The van der Waals surface area contributed by atoms with Crippen molar-refractivity contribution in [3.63, 3.8) is 0 Å². The van der Waals surface area contributed by atoms with Crippen LogP contribution in [0.1, 0.15) is 30.9 Å². The molecule has 1 saturated heterocycles. The Morgan fingerprint density at radius 2 is 2.10 bits per heavy atom. The molecule has 20 heavy (non-hydrogen) atoms. The minimum absolute atomic E-state index is 0.156. The maximum atomic E-state index is 12.1. The van der Waals surface area contributed by atoms with Crippen molar-refractivity contribution in [2.45, 2.75) is 31.3 Å². The zero-order chi connectivity index (χ0) is 14.1. The summed E-state index contributed by atoms with van der Waals surface area (Å²) in [5, 5.41) is 3.61. The van der Waals surface area contributed by atoms with Gasteiger partial charge in [0.25, 0.3) is 0 Å². The van der Waals surface area contributed by atoms with Crippen LogP contribution in [-0.4, -0.2) is 44.0 Å². The third-order valence-corrected chi connectivity index (χ3v) is 4.70. The summed E-state index contributed by atoms with van der Waals surface area (Å²) < 4.78 is 0. The number of likely N-dealkylation sites (tertiary alicyclic amines) is 1. The summed E-state index contributed by atoms with van der Waals surface area (Å²) in [6.07, 6.45) is 3.10. The molecule has 2 aliphatic heterocycles. The van der Waals surface area contributed by atoms with Gasteiger partial charge in [0.2, 0.25) is 5.91 Å². The van der Waals surface area contributed by atoms with Gasteiger partial charge in [0.15, 0.2) is 0 Å². The number of nitrogens with one attached hydrogen (secondary N) is 1. The van der Waals surface area contributed by atoms with Crippen molar-refractivity contribution in [2.24, 2.45) is 0 Å². The van der Waals surface area contributed by atoms with Crippen molar-refractivity contribution in [2.75, 3.05) is 32.1 Å². The summed E-state index contributed by atoms with van der Waals surface area (Å²) in [5.74, 6) is 0.195. The molecule has 0 radical (unpaired) electrons. The van der Waals surface area contributed by atoms with E-state index in [2.05, 4.69) is 29.4 Å². The topological polar surface area (TPSA) is 35.6 Å². The van der Waals surface area contributed by atoms with Gasteiger partial charge in [-0.2, -0.15) is 0 Å². The summed E-state index contributed by atoms with van der Waals surface area (Å²) in [7, 11) is 4.05. The fourth-order valence-electron chi connectivity index (χ4n) is 3.34. The third kappa shape index (κ3) is 2.45. The van der Waals surface area contributed by atoms with Crippen LogP contribution < -0.4 is 10.2 Å². The van der Waals surface area contributed by atoms with Gasteiger partial charge >= 0.3 is 0 Å². The van der Waals surface area contributed by atoms with Crippen molar-refractivity contribution in [3.8, 4) is 0 Å². The van der Waals surface area contributed by atoms with E-state index in [1.807, 2.05) is 19.2 Å². The minimum Gasteiger partial charge on any atom is -0.315 e. The Labute approximate surface area is 120 Å². The molecule has 0 bridgehead atoms. The molecular formula is C16H23N3O. The highest BCUT2D eigenvalue weighted by atomic mass is 16.2. The summed E-state index contributed by atoms with van der Waals surface area (Å²) in [6.45, 7) is 2.15. The molecule has 2 unspecified atom stereocenters. The second-order valence-electron chi connectivity index (χ2n) is 5.95. The minimum atomic E-state index is 0.156. The Hall–Kier alpha value is -1.39. The lowest BCUT2D eigenvalue weighted by Crippen LogP contribution is -2.42. The Kier molecular flexibility index (Phi) is 3.76. The first kappa shape index (κ1) is 13.6. The van der Waals surface area contributed by atoms with E-state index in [4.69, 9.17) is 0 Å². The van der Waals surface area contributed by atoms with E-state index in [9.17, 15) is 4.79 Å². The first-order valence-electron chi connectivity index (χ1n) is 7.46. The van der Waals surface area contributed by atoms with Gasteiger partial charge in [0.05, 0.1) is 0 Å². The van der Waals surface area contributed by atoms with Crippen LogP contribution in [0.2, 0.25) is 0 Å². The smallest absolute Gasteiger partial charge is 0.228 e. The van der Waals surface area contributed by atoms with Gasteiger partial charge in [0, 0.05) is 37.8 Å². The summed E-state index contributed by atoms with van der Waals surface area (Å²) in [6, 6.07) is 8.98. The maximum Gasteiger partial charge on any atom is 0.228 e. The number of carbonyl (C=O) groups is 1. The number of nitrogens with zero attached hydrogens (tertiary/aromatic N) is 2. The maximum absolute atomic E-state index is 12.1. The molecule has 4 heteroatoms. The lowest BCUT2D eigenvalue weighted by atomic mass is 9.96. The lowest BCUT2D eigenvalue weighted by molar-refractivity contribution is -0.119. The van der Waals surface area contributed by atoms with E-state index in [0.717, 1.165) is 12.2 Å². The number of hydrogen-bond acceptors (Lipinski definition) is 3. The molecular weight excluding hydrogens is 250 g/mol. The lowest BCUT2D eigenvalue weighted by Gasteiger charge is -2.33. The molecule has 1 amide bonds. The molecule has 3 rings (SSSR count). The highest BCUT2D eigenvalue weighted by molar-refractivity contribution is 5.96. The van der Waals surface area contributed by atoms with Crippen LogP contribution in [0.5, 0.6) is 0 Å². The number of likely N-dealkylation sites (N-methyl/N-ethyl adjacent to an activating group) is 1. The second-order valence-corrected chi connectivity index (χ2v) is 5.95. The van der Waals surface area contributed by atoms with Crippen LogP contribution in [-0.2, 0) is 4.79 Å². The molecule has 0 spiro atoms. The van der Waals surface area contributed by atoms with E-state index in [1.165, 1.54) is 24.9 Å². The molecule has 108 valence electrons. The van der Waals surface area contributed by atoms with Crippen molar-refractivity contribution >= 4 is 11.6 Å². The number of anilines is 1. The standard InChI is InChI=1S/C16H23N3O/c1-18-9-5-6-12(18)11-17-14-10-16(20)19(2)15-8-4-3-7-13(14)15/h3-4,7-8,12,14,17H,5-6,9-11H2,1-2H3. The van der Waals surface area contributed by atoms with Gasteiger partial charge in [-0.25, -0.2) is 0 Å². The van der Waals surface area contributed by atoms with Gasteiger partial charge < -0.3 is 15.1 Å². The highest BCUT2D eigenvalue weighted by Gasteiger charge is 2.29. The number of amides is 1. The van der Waals surface area contributed by atoms with E-state index in [0.29, 0.717) is 12.5 Å². The van der Waals surface area contributed by atoms with Gasteiger partial charge in [0.1, 0.15) is 0 Å².